The second-order valence-corrected chi connectivity index (χ2v) is 6.56. The van der Waals surface area contributed by atoms with E-state index in [9.17, 15) is 4.79 Å². The van der Waals surface area contributed by atoms with Gasteiger partial charge in [0.1, 0.15) is 6.10 Å². The van der Waals surface area contributed by atoms with Crippen LogP contribution < -0.4 is 0 Å². The fourth-order valence-corrected chi connectivity index (χ4v) is 3.78. The average Bonchev–Trinajstić information content (AvgIpc) is 3.12. The lowest BCUT2D eigenvalue weighted by molar-refractivity contribution is -0.145. The molecule has 1 unspecified atom stereocenters. The first-order chi connectivity index (χ1) is 9.29. The fraction of sp³-hybridized carbons (Fsp3) is 0.938. The Labute approximate surface area is 116 Å². The molecule has 19 heavy (non-hydrogen) atoms. The summed E-state index contributed by atoms with van der Waals surface area (Å²) in [5.41, 5.74) is 0. The molecule has 0 bridgehead atoms. The molecule has 0 aromatic heterocycles. The van der Waals surface area contributed by atoms with Crippen LogP contribution >= 0.6 is 0 Å². The molecule has 2 saturated carbocycles. The van der Waals surface area contributed by atoms with Crippen molar-refractivity contribution in [2.45, 2.75) is 82.9 Å². The predicted octanol–water partition coefficient (Wildman–Crippen LogP) is 3.13. The van der Waals surface area contributed by atoms with Gasteiger partial charge in [-0.15, -0.1) is 0 Å². The van der Waals surface area contributed by atoms with E-state index in [2.05, 4.69) is 11.8 Å². The summed E-state index contributed by atoms with van der Waals surface area (Å²) in [5.74, 6) is 1.20. The summed E-state index contributed by atoms with van der Waals surface area (Å²) in [5, 5.41) is 0. The Morgan fingerprint density at radius 2 is 1.68 bits per heavy atom. The quantitative estimate of drug-likeness (QED) is 0.781. The van der Waals surface area contributed by atoms with Crippen molar-refractivity contribution in [1.82, 2.24) is 4.90 Å². The number of amides is 1. The number of carbonyl (C=O) groups excluding carboxylic acids is 1. The average molecular weight is 265 g/mol. The molecule has 3 heteroatoms. The van der Waals surface area contributed by atoms with E-state index in [4.69, 9.17) is 4.74 Å². The van der Waals surface area contributed by atoms with E-state index >= 15 is 0 Å². The van der Waals surface area contributed by atoms with Crippen molar-refractivity contribution < 1.29 is 9.53 Å². The van der Waals surface area contributed by atoms with E-state index < -0.39 is 0 Å². The molecule has 1 aliphatic heterocycles. The van der Waals surface area contributed by atoms with Crippen LogP contribution in [0.1, 0.15) is 64.7 Å². The Hall–Kier alpha value is -0.570. The lowest BCUT2D eigenvalue weighted by Gasteiger charge is -2.38. The minimum absolute atomic E-state index is 0.121. The molecule has 0 N–H and O–H groups in total. The summed E-state index contributed by atoms with van der Waals surface area (Å²) in [6.45, 7) is 3.07. The van der Waals surface area contributed by atoms with Crippen LogP contribution in [0.2, 0.25) is 0 Å². The van der Waals surface area contributed by atoms with Gasteiger partial charge in [-0.1, -0.05) is 13.3 Å². The van der Waals surface area contributed by atoms with Gasteiger partial charge in [-0.3, -0.25) is 4.79 Å². The van der Waals surface area contributed by atoms with Gasteiger partial charge < -0.3 is 9.64 Å². The van der Waals surface area contributed by atoms with Crippen molar-refractivity contribution in [1.29, 1.82) is 0 Å². The molecule has 3 rings (SSSR count). The second kappa shape index (κ2) is 5.82. The largest absolute Gasteiger partial charge is 0.368 e. The number of rotatable bonds is 4. The van der Waals surface area contributed by atoms with Crippen molar-refractivity contribution in [3.8, 4) is 0 Å². The highest BCUT2D eigenvalue weighted by Crippen LogP contribution is 2.37. The van der Waals surface area contributed by atoms with Gasteiger partial charge >= 0.3 is 0 Å². The normalized spacial score (nSPS) is 35.3. The van der Waals surface area contributed by atoms with Crippen molar-refractivity contribution in [2.24, 2.45) is 5.92 Å². The van der Waals surface area contributed by atoms with Crippen LogP contribution in [0.25, 0.3) is 0 Å². The smallest absolute Gasteiger partial charge is 0.252 e. The highest BCUT2D eigenvalue weighted by Gasteiger charge is 2.41. The lowest BCUT2D eigenvalue weighted by atomic mass is 9.83. The van der Waals surface area contributed by atoms with Gasteiger partial charge in [-0.2, -0.15) is 0 Å². The Morgan fingerprint density at radius 3 is 2.16 bits per heavy atom. The SMILES string of the molecule is CCC1CCC(N(C(=O)C2CCCO2)C2CC2)CC1. The molecule has 0 spiro atoms. The summed E-state index contributed by atoms with van der Waals surface area (Å²) < 4.78 is 5.62. The number of ether oxygens (including phenoxy) is 1. The molecule has 0 aromatic carbocycles. The lowest BCUT2D eigenvalue weighted by Crippen LogP contribution is -2.48. The number of nitrogens with zero attached hydrogens (tertiary/aromatic N) is 1. The summed E-state index contributed by atoms with van der Waals surface area (Å²) in [7, 11) is 0. The molecular weight excluding hydrogens is 238 g/mol. The minimum atomic E-state index is -0.121. The van der Waals surface area contributed by atoms with E-state index in [-0.39, 0.29) is 6.10 Å². The molecule has 3 nitrogen and oxygen atoms in total. The van der Waals surface area contributed by atoms with E-state index in [1.165, 1.54) is 44.9 Å². The Balaban J connectivity index is 1.62. The van der Waals surface area contributed by atoms with Gasteiger partial charge in [0.25, 0.3) is 5.91 Å². The third kappa shape index (κ3) is 2.96. The molecular formula is C16H27NO2. The highest BCUT2D eigenvalue weighted by molar-refractivity contribution is 5.82. The van der Waals surface area contributed by atoms with Crippen LogP contribution in [0.5, 0.6) is 0 Å². The van der Waals surface area contributed by atoms with Gasteiger partial charge in [0.05, 0.1) is 0 Å². The van der Waals surface area contributed by atoms with Gasteiger partial charge in [0.15, 0.2) is 0 Å². The zero-order valence-electron chi connectivity index (χ0n) is 12.1. The zero-order chi connectivity index (χ0) is 13.2. The summed E-state index contributed by atoms with van der Waals surface area (Å²) in [6, 6.07) is 1.05. The van der Waals surface area contributed by atoms with Crippen molar-refractivity contribution in [3.05, 3.63) is 0 Å². The Bertz CT molecular complexity index is 313. The molecule has 1 heterocycles. The van der Waals surface area contributed by atoms with Crippen LogP contribution in [0, 0.1) is 5.92 Å². The maximum atomic E-state index is 12.7. The maximum Gasteiger partial charge on any atom is 0.252 e. The summed E-state index contributed by atoms with van der Waals surface area (Å²) >= 11 is 0. The van der Waals surface area contributed by atoms with E-state index in [0.717, 1.165) is 25.4 Å². The summed E-state index contributed by atoms with van der Waals surface area (Å²) in [6.07, 6.45) is 10.6. The topological polar surface area (TPSA) is 29.5 Å². The molecule has 0 radical (unpaired) electrons. The second-order valence-electron chi connectivity index (χ2n) is 6.56. The Kier molecular flexibility index (Phi) is 4.11. The third-order valence-corrected chi connectivity index (χ3v) is 5.19. The summed E-state index contributed by atoms with van der Waals surface area (Å²) in [4.78, 5) is 14.9. The zero-order valence-corrected chi connectivity index (χ0v) is 12.1. The van der Waals surface area contributed by atoms with Gasteiger partial charge in [-0.25, -0.2) is 0 Å². The van der Waals surface area contributed by atoms with E-state index in [0.29, 0.717) is 18.0 Å². The number of hydrogen-bond acceptors (Lipinski definition) is 2. The van der Waals surface area contributed by atoms with Gasteiger partial charge in [-0.05, 0) is 57.3 Å². The first-order valence-corrected chi connectivity index (χ1v) is 8.23. The van der Waals surface area contributed by atoms with Gasteiger partial charge in [0.2, 0.25) is 0 Å². The highest BCUT2D eigenvalue weighted by atomic mass is 16.5. The monoisotopic (exact) mass is 265 g/mol. The first kappa shape index (κ1) is 13.4. The van der Waals surface area contributed by atoms with Crippen molar-refractivity contribution >= 4 is 5.91 Å². The van der Waals surface area contributed by atoms with Crippen LogP contribution in [-0.2, 0) is 9.53 Å². The van der Waals surface area contributed by atoms with Crippen molar-refractivity contribution in [3.63, 3.8) is 0 Å². The fourth-order valence-electron chi connectivity index (χ4n) is 3.78. The predicted molar refractivity (Wildman–Crippen MR) is 74.9 cm³/mol. The molecule has 1 amide bonds. The molecule has 108 valence electrons. The number of carbonyl (C=O) groups is 1. The van der Waals surface area contributed by atoms with E-state index in [1.54, 1.807) is 0 Å². The minimum Gasteiger partial charge on any atom is -0.368 e. The molecule has 2 aliphatic carbocycles. The third-order valence-electron chi connectivity index (χ3n) is 5.19. The molecule has 0 aromatic rings. The van der Waals surface area contributed by atoms with Crippen LogP contribution in [-0.4, -0.2) is 35.6 Å². The maximum absolute atomic E-state index is 12.7. The van der Waals surface area contributed by atoms with Crippen LogP contribution in [0.3, 0.4) is 0 Å². The standard InChI is InChI=1S/C16H27NO2/c1-2-12-5-7-13(8-6-12)17(14-9-10-14)16(18)15-4-3-11-19-15/h12-15H,2-11H2,1H3. The first-order valence-electron chi connectivity index (χ1n) is 8.23. The number of hydrogen-bond donors (Lipinski definition) is 0. The van der Waals surface area contributed by atoms with Crippen LogP contribution in [0.4, 0.5) is 0 Å². The molecule has 1 atom stereocenters. The van der Waals surface area contributed by atoms with E-state index in [1.807, 2.05) is 0 Å². The molecule has 1 saturated heterocycles. The Morgan fingerprint density at radius 1 is 1.05 bits per heavy atom. The van der Waals surface area contributed by atoms with Crippen molar-refractivity contribution in [2.75, 3.05) is 6.61 Å². The van der Waals surface area contributed by atoms with Gasteiger partial charge in [0, 0.05) is 18.7 Å². The molecule has 3 aliphatic rings. The van der Waals surface area contributed by atoms with Crippen LogP contribution in [0.15, 0.2) is 0 Å². The molecule has 3 fully saturated rings.